The first-order valence-corrected chi connectivity index (χ1v) is 7.28. The maximum atomic E-state index is 11.5. The van der Waals surface area contributed by atoms with Crippen molar-refractivity contribution in [1.82, 2.24) is 9.80 Å². The number of esters is 1. The van der Waals surface area contributed by atoms with Gasteiger partial charge < -0.3 is 9.64 Å². The Balaban J connectivity index is 1.78. The van der Waals surface area contributed by atoms with Crippen molar-refractivity contribution in [2.45, 2.75) is 51.1 Å². The third-order valence-corrected chi connectivity index (χ3v) is 4.50. The molecule has 2 rings (SSSR count). The van der Waals surface area contributed by atoms with E-state index >= 15 is 0 Å². The minimum absolute atomic E-state index is 0.0858. The minimum atomic E-state index is -0.105. The Labute approximate surface area is 110 Å². The molecule has 0 amide bonds. The molecule has 0 aliphatic carbocycles. The van der Waals surface area contributed by atoms with Crippen LogP contribution < -0.4 is 0 Å². The molecule has 4 nitrogen and oxygen atoms in total. The highest BCUT2D eigenvalue weighted by Crippen LogP contribution is 2.22. The predicted molar refractivity (Wildman–Crippen MR) is 71.5 cm³/mol. The Morgan fingerprint density at radius 2 is 1.72 bits per heavy atom. The highest BCUT2D eigenvalue weighted by molar-refractivity contribution is 5.75. The molecule has 4 heteroatoms. The molecule has 0 bridgehead atoms. The standard InChI is InChI=1S/C14H26N2O2/c1-12(14(17)18-2)15-10-6-13(7-11-15)16-8-4-3-5-9-16/h12-13H,3-11H2,1-2H3. The van der Waals surface area contributed by atoms with Crippen LogP contribution in [0.3, 0.4) is 0 Å². The summed E-state index contributed by atoms with van der Waals surface area (Å²) in [6.45, 7) is 6.55. The number of rotatable bonds is 3. The zero-order chi connectivity index (χ0) is 13.0. The minimum Gasteiger partial charge on any atom is -0.468 e. The molecule has 0 spiro atoms. The van der Waals surface area contributed by atoms with Gasteiger partial charge in [0.15, 0.2) is 0 Å². The van der Waals surface area contributed by atoms with Crippen LogP contribution in [0.25, 0.3) is 0 Å². The van der Waals surface area contributed by atoms with Gasteiger partial charge in [0.05, 0.1) is 7.11 Å². The lowest BCUT2D eigenvalue weighted by molar-refractivity contribution is -0.147. The molecule has 0 saturated carbocycles. The van der Waals surface area contributed by atoms with Crippen molar-refractivity contribution in [3.63, 3.8) is 0 Å². The summed E-state index contributed by atoms with van der Waals surface area (Å²) >= 11 is 0. The Morgan fingerprint density at radius 1 is 1.11 bits per heavy atom. The Morgan fingerprint density at radius 3 is 2.28 bits per heavy atom. The molecule has 0 radical (unpaired) electrons. The normalized spacial score (nSPS) is 25.9. The molecule has 0 aromatic carbocycles. The van der Waals surface area contributed by atoms with Gasteiger partial charge in [-0.2, -0.15) is 0 Å². The topological polar surface area (TPSA) is 32.8 Å². The molecular weight excluding hydrogens is 228 g/mol. The van der Waals surface area contributed by atoms with E-state index in [9.17, 15) is 4.79 Å². The van der Waals surface area contributed by atoms with Crippen molar-refractivity contribution in [1.29, 1.82) is 0 Å². The summed E-state index contributed by atoms with van der Waals surface area (Å²) in [6.07, 6.45) is 6.51. The molecule has 18 heavy (non-hydrogen) atoms. The second-order valence-corrected chi connectivity index (χ2v) is 5.56. The fraction of sp³-hybridized carbons (Fsp3) is 0.929. The Kier molecular flexibility index (Phi) is 5.01. The van der Waals surface area contributed by atoms with Crippen LogP contribution in [0.15, 0.2) is 0 Å². The van der Waals surface area contributed by atoms with E-state index in [0.29, 0.717) is 0 Å². The summed E-state index contributed by atoms with van der Waals surface area (Å²) in [7, 11) is 1.47. The Bertz CT molecular complexity index is 269. The van der Waals surface area contributed by atoms with Gasteiger partial charge in [-0.15, -0.1) is 0 Å². The van der Waals surface area contributed by atoms with Crippen LogP contribution in [0.4, 0.5) is 0 Å². The van der Waals surface area contributed by atoms with Crippen LogP contribution in [-0.4, -0.2) is 61.1 Å². The molecule has 0 N–H and O–H groups in total. The first kappa shape index (κ1) is 13.8. The molecular formula is C14H26N2O2. The summed E-state index contributed by atoms with van der Waals surface area (Å²) in [5, 5.41) is 0. The molecule has 2 heterocycles. The highest BCUT2D eigenvalue weighted by Gasteiger charge is 2.29. The van der Waals surface area contributed by atoms with E-state index in [1.54, 1.807) is 0 Å². The quantitative estimate of drug-likeness (QED) is 0.715. The van der Waals surface area contributed by atoms with Gasteiger partial charge in [-0.25, -0.2) is 0 Å². The molecule has 2 aliphatic rings. The van der Waals surface area contributed by atoms with Crippen LogP contribution in [0.5, 0.6) is 0 Å². The number of likely N-dealkylation sites (tertiary alicyclic amines) is 2. The maximum absolute atomic E-state index is 11.5. The zero-order valence-electron chi connectivity index (χ0n) is 11.7. The number of carbonyl (C=O) groups excluding carboxylic acids is 1. The molecule has 2 saturated heterocycles. The molecule has 1 atom stereocenters. The molecule has 104 valence electrons. The van der Waals surface area contributed by atoms with E-state index in [2.05, 4.69) is 9.80 Å². The molecule has 2 fully saturated rings. The first-order chi connectivity index (χ1) is 8.72. The van der Waals surface area contributed by atoms with Gasteiger partial charge >= 0.3 is 5.97 Å². The van der Waals surface area contributed by atoms with Gasteiger partial charge in [0.2, 0.25) is 0 Å². The maximum Gasteiger partial charge on any atom is 0.322 e. The van der Waals surface area contributed by atoms with Crippen LogP contribution in [0.1, 0.15) is 39.0 Å². The average molecular weight is 254 g/mol. The Hall–Kier alpha value is -0.610. The SMILES string of the molecule is COC(=O)C(C)N1CCC(N2CCCCC2)CC1. The number of hydrogen-bond acceptors (Lipinski definition) is 4. The summed E-state index contributed by atoms with van der Waals surface area (Å²) < 4.78 is 4.82. The van der Waals surface area contributed by atoms with Crippen LogP contribution in [-0.2, 0) is 9.53 Å². The average Bonchev–Trinajstić information content (AvgIpc) is 2.47. The summed E-state index contributed by atoms with van der Waals surface area (Å²) in [5.74, 6) is -0.105. The number of hydrogen-bond donors (Lipinski definition) is 0. The second-order valence-electron chi connectivity index (χ2n) is 5.56. The van der Waals surface area contributed by atoms with E-state index in [0.717, 1.165) is 19.1 Å². The van der Waals surface area contributed by atoms with Crippen molar-refractivity contribution in [2.75, 3.05) is 33.3 Å². The number of carbonyl (C=O) groups is 1. The monoisotopic (exact) mass is 254 g/mol. The third-order valence-electron chi connectivity index (χ3n) is 4.50. The van der Waals surface area contributed by atoms with Crippen molar-refractivity contribution in [3.05, 3.63) is 0 Å². The van der Waals surface area contributed by atoms with Gasteiger partial charge in [-0.05, 0) is 45.7 Å². The summed E-state index contributed by atoms with van der Waals surface area (Å²) in [4.78, 5) is 16.4. The number of ether oxygens (including phenoxy) is 1. The van der Waals surface area contributed by atoms with Gasteiger partial charge in [0.25, 0.3) is 0 Å². The highest BCUT2D eigenvalue weighted by atomic mass is 16.5. The van der Waals surface area contributed by atoms with Crippen LogP contribution in [0, 0.1) is 0 Å². The van der Waals surface area contributed by atoms with E-state index in [1.165, 1.54) is 52.3 Å². The van der Waals surface area contributed by atoms with Crippen LogP contribution >= 0.6 is 0 Å². The number of methoxy groups -OCH3 is 1. The molecule has 0 aromatic heterocycles. The van der Waals surface area contributed by atoms with Gasteiger partial charge in [0, 0.05) is 19.1 Å². The second kappa shape index (κ2) is 6.53. The third kappa shape index (κ3) is 3.23. The van der Waals surface area contributed by atoms with Crippen molar-refractivity contribution < 1.29 is 9.53 Å². The largest absolute Gasteiger partial charge is 0.468 e. The zero-order valence-corrected chi connectivity index (χ0v) is 11.7. The van der Waals surface area contributed by atoms with Gasteiger partial charge in [-0.3, -0.25) is 9.69 Å². The predicted octanol–water partition coefficient (Wildman–Crippen LogP) is 1.50. The summed E-state index contributed by atoms with van der Waals surface area (Å²) in [5.41, 5.74) is 0. The molecule has 0 aromatic rings. The number of piperidine rings is 2. The molecule has 2 aliphatic heterocycles. The van der Waals surface area contributed by atoms with Crippen molar-refractivity contribution in [3.8, 4) is 0 Å². The van der Waals surface area contributed by atoms with Gasteiger partial charge in [0.1, 0.15) is 6.04 Å². The smallest absolute Gasteiger partial charge is 0.322 e. The lowest BCUT2D eigenvalue weighted by Gasteiger charge is -2.41. The van der Waals surface area contributed by atoms with Crippen LogP contribution in [0.2, 0.25) is 0 Å². The fourth-order valence-electron chi connectivity index (χ4n) is 3.24. The first-order valence-electron chi connectivity index (χ1n) is 7.28. The summed E-state index contributed by atoms with van der Waals surface area (Å²) in [6, 6.07) is 0.656. The van der Waals surface area contributed by atoms with Crippen molar-refractivity contribution >= 4 is 5.97 Å². The van der Waals surface area contributed by atoms with E-state index in [-0.39, 0.29) is 12.0 Å². The molecule has 1 unspecified atom stereocenters. The van der Waals surface area contributed by atoms with Crippen molar-refractivity contribution in [2.24, 2.45) is 0 Å². The van der Waals surface area contributed by atoms with Gasteiger partial charge in [-0.1, -0.05) is 6.42 Å². The van der Waals surface area contributed by atoms with E-state index in [4.69, 9.17) is 4.74 Å². The van der Waals surface area contributed by atoms with E-state index < -0.39 is 0 Å². The lowest BCUT2D eigenvalue weighted by Crippen LogP contribution is -2.50. The number of nitrogens with zero attached hydrogens (tertiary/aromatic N) is 2. The van der Waals surface area contributed by atoms with E-state index in [1.807, 2.05) is 6.92 Å². The lowest BCUT2D eigenvalue weighted by atomic mass is 9.99. The fourth-order valence-corrected chi connectivity index (χ4v) is 3.24.